The third-order valence-electron chi connectivity index (χ3n) is 5.04. The van der Waals surface area contributed by atoms with Gasteiger partial charge in [0, 0.05) is 18.6 Å². The first kappa shape index (κ1) is 21.0. The molecule has 1 N–H and O–H groups in total. The summed E-state index contributed by atoms with van der Waals surface area (Å²) in [6.07, 6.45) is 2.84. The van der Waals surface area contributed by atoms with E-state index in [-0.39, 0.29) is 24.1 Å². The largest absolute Gasteiger partial charge is 0.353 e. The van der Waals surface area contributed by atoms with E-state index in [1.807, 2.05) is 24.3 Å². The van der Waals surface area contributed by atoms with Gasteiger partial charge in [0.15, 0.2) is 5.65 Å². The van der Waals surface area contributed by atoms with E-state index in [1.165, 1.54) is 21.8 Å². The van der Waals surface area contributed by atoms with Crippen LogP contribution >= 0.6 is 11.6 Å². The number of amides is 1. The number of hydrogen-bond donors (Lipinski definition) is 1. The van der Waals surface area contributed by atoms with Crippen molar-refractivity contribution < 1.29 is 4.79 Å². The van der Waals surface area contributed by atoms with Gasteiger partial charge in [-0.15, -0.1) is 0 Å². The molecule has 0 bridgehead atoms. The Morgan fingerprint density at radius 2 is 2.00 bits per heavy atom. The Hall–Kier alpha value is -2.71. The summed E-state index contributed by atoms with van der Waals surface area (Å²) in [6.45, 7) is 6.07. The predicted octanol–water partition coefficient (Wildman–Crippen LogP) is 1.98. The van der Waals surface area contributed by atoms with Gasteiger partial charge in [-0.2, -0.15) is 5.10 Å². The summed E-state index contributed by atoms with van der Waals surface area (Å²) >= 11 is 6.40. The summed E-state index contributed by atoms with van der Waals surface area (Å²) in [5.41, 5.74) is 1.17. The fraction of sp³-hybridized carbons (Fsp3) is 0.400. The van der Waals surface area contributed by atoms with Crippen molar-refractivity contribution in [1.29, 1.82) is 0 Å². The third-order valence-corrected chi connectivity index (χ3v) is 5.39. The van der Waals surface area contributed by atoms with Crippen LogP contribution in [0, 0.1) is 0 Å². The van der Waals surface area contributed by atoms with Crippen LogP contribution in [0.15, 0.2) is 41.6 Å². The van der Waals surface area contributed by atoms with E-state index in [1.54, 1.807) is 7.05 Å². The summed E-state index contributed by atoms with van der Waals surface area (Å²) < 4.78 is 2.82. The maximum Gasteiger partial charge on any atom is 0.264 e. The van der Waals surface area contributed by atoms with Gasteiger partial charge in [0.1, 0.15) is 18.3 Å². The van der Waals surface area contributed by atoms with E-state index >= 15 is 0 Å². The summed E-state index contributed by atoms with van der Waals surface area (Å²) in [5.74, 6) is -0.263. The lowest BCUT2D eigenvalue weighted by molar-refractivity contribution is -0.122. The average molecular weight is 417 g/mol. The zero-order valence-corrected chi connectivity index (χ0v) is 17.6. The molecule has 0 aliphatic heterocycles. The van der Waals surface area contributed by atoms with Crippen molar-refractivity contribution in [2.45, 2.75) is 26.4 Å². The number of fused-ring (bicyclic) bond motifs is 1. The maximum atomic E-state index is 12.6. The number of benzene rings is 1. The highest BCUT2D eigenvalue weighted by Crippen LogP contribution is 2.26. The molecule has 2 heterocycles. The van der Waals surface area contributed by atoms with Crippen LogP contribution in [0.2, 0.25) is 5.02 Å². The Bertz CT molecular complexity index is 1060. The minimum atomic E-state index is -0.287. The molecule has 9 heteroatoms. The van der Waals surface area contributed by atoms with Gasteiger partial charge in [0.2, 0.25) is 5.91 Å². The number of nitrogens with one attached hydrogen (secondary N) is 1. The van der Waals surface area contributed by atoms with Crippen molar-refractivity contribution in [3.8, 4) is 0 Å². The van der Waals surface area contributed by atoms with E-state index in [0.29, 0.717) is 22.6 Å². The van der Waals surface area contributed by atoms with E-state index < -0.39 is 0 Å². The van der Waals surface area contributed by atoms with Crippen LogP contribution < -0.4 is 10.9 Å². The van der Waals surface area contributed by atoms with Crippen molar-refractivity contribution >= 4 is 28.5 Å². The molecule has 0 saturated carbocycles. The quantitative estimate of drug-likeness (QED) is 0.607. The second-order valence-corrected chi connectivity index (χ2v) is 7.15. The molecular formula is C20H25ClN6O2. The number of halogens is 1. The number of aromatic nitrogens is 4. The van der Waals surface area contributed by atoms with Crippen LogP contribution in [0.4, 0.5) is 0 Å². The first-order valence-electron chi connectivity index (χ1n) is 9.58. The van der Waals surface area contributed by atoms with E-state index in [0.717, 1.165) is 18.7 Å². The SMILES string of the molecule is CCN(CC)C(CNC(=O)Cn1cnc2c(cnn2C)c1=O)c1ccccc1Cl. The van der Waals surface area contributed by atoms with Crippen molar-refractivity contribution in [2.75, 3.05) is 19.6 Å². The van der Waals surface area contributed by atoms with Crippen LogP contribution in [0.3, 0.4) is 0 Å². The third kappa shape index (κ3) is 4.49. The Balaban J connectivity index is 1.74. The fourth-order valence-electron chi connectivity index (χ4n) is 3.45. The standard InChI is InChI=1S/C20H25ClN6O2/c1-4-26(5-2)17(14-8-6-7-9-16(14)21)11-22-18(28)12-27-13-23-19-15(20(27)29)10-24-25(19)3/h6-10,13,17H,4-5,11-12H2,1-3H3,(H,22,28). The molecule has 1 aromatic carbocycles. The van der Waals surface area contributed by atoms with Crippen molar-refractivity contribution in [2.24, 2.45) is 7.05 Å². The summed E-state index contributed by atoms with van der Waals surface area (Å²) in [4.78, 5) is 31.6. The van der Waals surface area contributed by atoms with Crippen LogP contribution in [0.1, 0.15) is 25.5 Å². The maximum absolute atomic E-state index is 12.6. The molecule has 1 atom stereocenters. The van der Waals surface area contributed by atoms with E-state index in [4.69, 9.17) is 11.6 Å². The van der Waals surface area contributed by atoms with Crippen molar-refractivity contribution in [3.63, 3.8) is 0 Å². The predicted molar refractivity (Wildman–Crippen MR) is 113 cm³/mol. The van der Waals surface area contributed by atoms with Gasteiger partial charge < -0.3 is 5.32 Å². The molecule has 1 amide bonds. The molecule has 3 aromatic rings. The zero-order valence-electron chi connectivity index (χ0n) is 16.8. The van der Waals surface area contributed by atoms with E-state index in [2.05, 4.69) is 34.1 Å². The lowest BCUT2D eigenvalue weighted by Crippen LogP contribution is -2.40. The zero-order chi connectivity index (χ0) is 21.0. The lowest BCUT2D eigenvalue weighted by atomic mass is 10.0. The minimum Gasteiger partial charge on any atom is -0.353 e. The van der Waals surface area contributed by atoms with Gasteiger partial charge in [0.05, 0.1) is 12.2 Å². The van der Waals surface area contributed by atoms with Crippen molar-refractivity contribution in [1.82, 2.24) is 29.5 Å². The fourth-order valence-corrected chi connectivity index (χ4v) is 3.71. The highest BCUT2D eigenvalue weighted by atomic mass is 35.5. The van der Waals surface area contributed by atoms with E-state index in [9.17, 15) is 9.59 Å². The number of carbonyl (C=O) groups excluding carboxylic acids is 1. The molecular weight excluding hydrogens is 392 g/mol. The van der Waals surface area contributed by atoms with Gasteiger partial charge >= 0.3 is 0 Å². The number of rotatable bonds is 8. The molecule has 0 fully saturated rings. The smallest absolute Gasteiger partial charge is 0.264 e. The number of aryl methyl sites for hydroxylation is 1. The number of hydrogen-bond acceptors (Lipinski definition) is 5. The Morgan fingerprint density at radius 3 is 2.69 bits per heavy atom. The van der Waals surface area contributed by atoms with Gasteiger partial charge in [-0.25, -0.2) is 4.98 Å². The Labute approximate surface area is 174 Å². The lowest BCUT2D eigenvalue weighted by Gasteiger charge is -2.31. The van der Waals surface area contributed by atoms with Crippen LogP contribution in [0.5, 0.6) is 0 Å². The molecule has 0 saturated heterocycles. The first-order valence-corrected chi connectivity index (χ1v) is 9.96. The second kappa shape index (κ2) is 9.19. The molecule has 0 aliphatic carbocycles. The highest BCUT2D eigenvalue weighted by molar-refractivity contribution is 6.31. The molecule has 1 unspecified atom stereocenters. The summed E-state index contributed by atoms with van der Waals surface area (Å²) in [6, 6.07) is 7.59. The molecule has 29 heavy (non-hydrogen) atoms. The molecule has 0 spiro atoms. The average Bonchev–Trinajstić information content (AvgIpc) is 3.09. The van der Waals surface area contributed by atoms with Crippen molar-refractivity contribution in [3.05, 3.63) is 57.7 Å². The minimum absolute atomic E-state index is 0.0571. The first-order chi connectivity index (χ1) is 14.0. The topological polar surface area (TPSA) is 85.1 Å². The van der Waals surface area contributed by atoms with Gasteiger partial charge in [-0.1, -0.05) is 43.6 Å². The van der Waals surface area contributed by atoms with Crippen LogP contribution in [-0.2, 0) is 18.4 Å². The van der Waals surface area contributed by atoms with Gasteiger partial charge in [-0.05, 0) is 24.7 Å². The molecule has 0 aliphatic rings. The number of carbonyl (C=O) groups is 1. The van der Waals surface area contributed by atoms with Crippen LogP contribution in [-0.4, -0.2) is 49.8 Å². The second-order valence-electron chi connectivity index (χ2n) is 6.75. The monoisotopic (exact) mass is 416 g/mol. The molecule has 0 radical (unpaired) electrons. The highest BCUT2D eigenvalue weighted by Gasteiger charge is 2.21. The Kier molecular flexibility index (Phi) is 6.66. The summed E-state index contributed by atoms with van der Waals surface area (Å²) in [5, 5.41) is 8.03. The Morgan fingerprint density at radius 1 is 1.28 bits per heavy atom. The van der Waals surface area contributed by atoms with Crippen LogP contribution in [0.25, 0.3) is 11.0 Å². The summed E-state index contributed by atoms with van der Waals surface area (Å²) in [7, 11) is 1.72. The molecule has 8 nitrogen and oxygen atoms in total. The van der Waals surface area contributed by atoms with Gasteiger partial charge in [0.25, 0.3) is 5.56 Å². The number of nitrogens with zero attached hydrogens (tertiary/aromatic N) is 5. The normalized spacial score (nSPS) is 12.4. The molecule has 2 aromatic heterocycles. The number of likely N-dealkylation sites (N-methyl/N-ethyl adjacent to an activating group) is 1. The molecule has 3 rings (SSSR count). The van der Waals surface area contributed by atoms with Gasteiger partial charge in [-0.3, -0.25) is 23.7 Å². The molecule has 154 valence electrons.